The average Bonchev–Trinajstić information content (AvgIpc) is 2.88. The highest BCUT2D eigenvalue weighted by molar-refractivity contribution is 5.76. The average molecular weight is 513 g/mol. The van der Waals surface area contributed by atoms with Crippen LogP contribution in [0.25, 0.3) is 24.3 Å². The molecule has 4 heteroatoms. The largest absolute Gasteiger partial charge is 0.493 e. The van der Waals surface area contributed by atoms with Crippen LogP contribution in [-0.4, -0.2) is 64.3 Å². The van der Waals surface area contributed by atoms with Crippen LogP contribution in [0.3, 0.4) is 0 Å². The summed E-state index contributed by atoms with van der Waals surface area (Å²) in [4.78, 5) is 4.36. The smallest absolute Gasteiger partial charge is 0.126 e. The molecule has 0 aliphatic carbocycles. The van der Waals surface area contributed by atoms with Gasteiger partial charge in [0.05, 0.1) is 13.2 Å². The number of hydrogen-bond donors (Lipinski definition) is 0. The van der Waals surface area contributed by atoms with Gasteiger partial charge in [-0.2, -0.15) is 0 Å². The third-order valence-electron chi connectivity index (χ3n) is 6.19. The van der Waals surface area contributed by atoms with Crippen LogP contribution in [0.2, 0.25) is 0 Å². The van der Waals surface area contributed by atoms with E-state index in [1.165, 1.54) is 11.1 Å². The Morgan fingerprint density at radius 2 is 0.947 bits per heavy atom. The van der Waals surface area contributed by atoms with Gasteiger partial charge in [-0.25, -0.2) is 0 Å². The molecule has 3 aromatic carbocycles. The van der Waals surface area contributed by atoms with Crippen molar-refractivity contribution >= 4 is 24.3 Å². The second kappa shape index (κ2) is 15.2. The molecular weight excluding hydrogens is 468 g/mol. The lowest BCUT2D eigenvalue weighted by Crippen LogP contribution is -2.15. The number of hydrogen-bond acceptors (Lipinski definition) is 4. The minimum absolute atomic E-state index is 0.715. The SMILES string of the molecule is Cc1ccc(OCCCN(C)C)c(C=Cc2ccc(C=Cc3cc(C)ccc3OCCCN(C)C)cc2)c1. The van der Waals surface area contributed by atoms with Gasteiger partial charge in [-0.3, -0.25) is 0 Å². The monoisotopic (exact) mass is 512 g/mol. The van der Waals surface area contributed by atoms with Crippen molar-refractivity contribution in [2.24, 2.45) is 0 Å². The summed E-state index contributed by atoms with van der Waals surface area (Å²) < 4.78 is 12.2. The van der Waals surface area contributed by atoms with Gasteiger partial charge in [0.15, 0.2) is 0 Å². The summed E-state index contributed by atoms with van der Waals surface area (Å²) in [6.07, 6.45) is 10.6. The molecule has 0 aromatic heterocycles. The quantitative estimate of drug-likeness (QED) is 0.167. The Morgan fingerprint density at radius 3 is 1.32 bits per heavy atom. The van der Waals surface area contributed by atoms with Crippen molar-refractivity contribution in [2.75, 3.05) is 54.5 Å². The predicted molar refractivity (Wildman–Crippen MR) is 164 cm³/mol. The molecule has 3 aromatic rings. The van der Waals surface area contributed by atoms with E-state index in [4.69, 9.17) is 9.47 Å². The molecule has 0 bridgehead atoms. The lowest BCUT2D eigenvalue weighted by atomic mass is 10.1. The molecule has 0 heterocycles. The molecule has 4 nitrogen and oxygen atoms in total. The standard InChI is InChI=1S/C34H44N2O2/c1-27-9-19-33(37-23-7-21-35(3)4)31(25-27)17-15-29-11-13-30(14-12-29)16-18-32-26-28(2)10-20-34(32)38-24-8-22-36(5)6/h9-20,25-26H,7-8,21-24H2,1-6H3. The Labute approximate surface area is 230 Å². The highest BCUT2D eigenvalue weighted by Crippen LogP contribution is 2.25. The van der Waals surface area contributed by atoms with E-state index in [9.17, 15) is 0 Å². The van der Waals surface area contributed by atoms with Crippen molar-refractivity contribution in [1.29, 1.82) is 0 Å². The van der Waals surface area contributed by atoms with Gasteiger partial charge in [-0.05, 0) is 90.3 Å². The number of nitrogens with zero attached hydrogens (tertiary/aromatic N) is 2. The van der Waals surface area contributed by atoms with Crippen molar-refractivity contribution in [3.63, 3.8) is 0 Å². The molecule has 0 unspecified atom stereocenters. The normalized spacial score (nSPS) is 11.8. The summed E-state index contributed by atoms with van der Waals surface area (Å²) in [5.41, 5.74) is 6.98. The van der Waals surface area contributed by atoms with E-state index in [1.54, 1.807) is 0 Å². The molecule has 0 fully saturated rings. The summed E-state index contributed by atoms with van der Waals surface area (Å²) in [7, 11) is 8.35. The predicted octanol–water partition coefficient (Wildman–Crippen LogP) is 7.31. The minimum Gasteiger partial charge on any atom is -0.493 e. The zero-order chi connectivity index (χ0) is 27.3. The molecule has 3 rings (SSSR count). The Hall–Kier alpha value is -3.34. The van der Waals surface area contributed by atoms with Crippen molar-refractivity contribution in [2.45, 2.75) is 26.7 Å². The van der Waals surface area contributed by atoms with Gasteiger partial charge in [0.25, 0.3) is 0 Å². The van der Waals surface area contributed by atoms with Crippen LogP contribution in [0.5, 0.6) is 11.5 Å². The second-order valence-electron chi connectivity index (χ2n) is 10.4. The number of benzene rings is 3. The lowest BCUT2D eigenvalue weighted by molar-refractivity contribution is 0.281. The minimum atomic E-state index is 0.715. The van der Waals surface area contributed by atoms with Crippen LogP contribution in [0.4, 0.5) is 0 Å². The second-order valence-corrected chi connectivity index (χ2v) is 10.4. The Morgan fingerprint density at radius 1 is 0.553 bits per heavy atom. The number of rotatable bonds is 14. The number of ether oxygens (including phenoxy) is 2. The molecule has 0 aliphatic heterocycles. The Balaban J connectivity index is 1.64. The molecule has 38 heavy (non-hydrogen) atoms. The van der Waals surface area contributed by atoms with Gasteiger partial charge in [0, 0.05) is 24.2 Å². The van der Waals surface area contributed by atoms with Crippen LogP contribution in [0, 0.1) is 13.8 Å². The lowest BCUT2D eigenvalue weighted by Gasteiger charge is -2.12. The van der Waals surface area contributed by atoms with E-state index >= 15 is 0 Å². The molecule has 0 amide bonds. The van der Waals surface area contributed by atoms with Gasteiger partial charge < -0.3 is 19.3 Å². The highest BCUT2D eigenvalue weighted by Gasteiger charge is 2.04. The van der Waals surface area contributed by atoms with Crippen molar-refractivity contribution in [3.8, 4) is 11.5 Å². The molecule has 0 atom stereocenters. The van der Waals surface area contributed by atoms with E-state index in [0.717, 1.165) is 59.7 Å². The zero-order valence-electron chi connectivity index (χ0n) is 24.0. The van der Waals surface area contributed by atoms with Gasteiger partial charge in [-0.15, -0.1) is 0 Å². The topological polar surface area (TPSA) is 24.9 Å². The first-order chi connectivity index (χ1) is 18.3. The van der Waals surface area contributed by atoms with Crippen LogP contribution in [0.15, 0.2) is 60.7 Å². The Bertz CT molecular complexity index is 1100. The Kier molecular flexibility index (Phi) is 11.7. The maximum absolute atomic E-state index is 6.08. The van der Waals surface area contributed by atoms with E-state index in [2.05, 4.69) is 137 Å². The maximum Gasteiger partial charge on any atom is 0.126 e. The zero-order valence-corrected chi connectivity index (χ0v) is 24.0. The van der Waals surface area contributed by atoms with Crippen molar-refractivity contribution < 1.29 is 9.47 Å². The van der Waals surface area contributed by atoms with Gasteiger partial charge >= 0.3 is 0 Å². The summed E-state index contributed by atoms with van der Waals surface area (Å²) >= 11 is 0. The van der Waals surface area contributed by atoms with Crippen molar-refractivity contribution in [3.05, 3.63) is 94.0 Å². The third kappa shape index (κ3) is 10.2. The molecule has 202 valence electrons. The first-order valence-electron chi connectivity index (χ1n) is 13.5. The molecule has 0 aliphatic rings. The maximum atomic E-state index is 6.08. The van der Waals surface area contributed by atoms with Crippen LogP contribution >= 0.6 is 0 Å². The molecule has 0 spiro atoms. The summed E-state index contributed by atoms with van der Waals surface area (Å²) in [5, 5.41) is 0. The van der Waals surface area contributed by atoms with Gasteiger partial charge in [0.2, 0.25) is 0 Å². The number of aryl methyl sites for hydroxylation is 2. The molecule has 0 N–H and O–H groups in total. The fourth-order valence-corrected chi connectivity index (χ4v) is 4.08. The van der Waals surface area contributed by atoms with E-state index in [1.807, 2.05) is 0 Å². The summed E-state index contributed by atoms with van der Waals surface area (Å²) in [6, 6.07) is 21.3. The summed E-state index contributed by atoms with van der Waals surface area (Å²) in [5.74, 6) is 1.87. The molecule has 0 radical (unpaired) electrons. The third-order valence-corrected chi connectivity index (χ3v) is 6.19. The van der Waals surface area contributed by atoms with Gasteiger partial charge in [-0.1, -0.05) is 71.8 Å². The van der Waals surface area contributed by atoms with Crippen LogP contribution < -0.4 is 9.47 Å². The highest BCUT2D eigenvalue weighted by atomic mass is 16.5. The van der Waals surface area contributed by atoms with E-state index in [-0.39, 0.29) is 0 Å². The first kappa shape index (κ1) is 29.2. The van der Waals surface area contributed by atoms with E-state index < -0.39 is 0 Å². The van der Waals surface area contributed by atoms with Crippen molar-refractivity contribution in [1.82, 2.24) is 9.80 Å². The summed E-state index contributed by atoms with van der Waals surface area (Å²) in [6.45, 7) is 7.70. The fourth-order valence-electron chi connectivity index (χ4n) is 4.08. The van der Waals surface area contributed by atoms with Gasteiger partial charge in [0.1, 0.15) is 11.5 Å². The molecule has 0 saturated carbocycles. The van der Waals surface area contributed by atoms with Crippen LogP contribution in [0.1, 0.15) is 46.2 Å². The van der Waals surface area contributed by atoms with E-state index in [0.29, 0.717) is 13.2 Å². The molecular formula is C34H44N2O2. The molecule has 0 saturated heterocycles. The first-order valence-corrected chi connectivity index (χ1v) is 13.5. The van der Waals surface area contributed by atoms with Crippen LogP contribution in [-0.2, 0) is 0 Å². The fraction of sp³-hybridized carbons (Fsp3) is 0.353.